The topological polar surface area (TPSA) is 14.8 Å². The summed E-state index contributed by atoms with van der Waals surface area (Å²) in [5.74, 6) is 0.446. The van der Waals surface area contributed by atoms with E-state index in [0.717, 1.165) is 12.1 Å². The highest BCUT2D eigenvalue weighted by molar-refractivity contribution is 6.13. The zero-order chi connectivity index (χ0) is 38.3. The number of aromatic nitrogens is 3. The van der Waals surface area contributed by atoms with Crippen LogP contribution < -0.4 is 0 Å². The Balaban J connectivity index is 1.05. The molecule has 1 unspecified atom stereocenters. The number of nitrogens with zero attached hydrogens (tertiary/aromatic N) is 3. The second kappa shape index (κ2) is 12.8. The van der Waals surface area contributed by atoms with E-state index in [1.165, 1.54) is 99.4 Å². The van der Waals surface area contributed by atoms with Gasteiger partial charge in [-0.15, -0.1) is 0 Å². The van der Waals surface area contributed by atoms with Crippen molar-refractivity contribution in [2.45, 2.75) is 19.3 Å². The van der Waals surface area contributed by atoms with Crippen molar-refractivity contribution in [3.05, 3.63) is 205 Å². The first-order valence-electron chi connectivity index (χ1n) is 20.3. The third kappa shape index (κ3) is 4.93. The minimum atomic E-state index is 0.446. The molecule has 3 nitrogen and oxygen atoms in total. The summed E-state index contributed by atoms with van der Waals surface area (Å²) in [4.78, 5) is 0. The normalized spacial score (nSPS) is 14.0. The highest BCUT2D eigenvalue weighted by Crippen LogP contribution is 2.43. The van der Waals surface area contributed by atoms with Gasteiger partial charge in [-0.3, -0.25) is 0 Å². The highest BCUT2D eigenvalue weighted by atomic mass is 15.0. The van der Waals surface area contributed by atoms with Crippen molar-refractivity contribution >= 4 is 60.6 Å². The van der Waals surface area contributed by atoms with Crippen molar-refractivity contribution in [2.75, 3.05) is 0 Å². The van der Waals surface area contributed by atoms with Crippen LogP contribution in [0.1, 0.15) is 30.5 Å². The van der Waals surface area contributed by atoms with Crippen LogP contribution >= 0.6 is 0 Å². The average Bonchev–Trinajstić information content (AvgIpc) is 3.92. The molecule has 1 atom stereocenters. The lowest BCUT2D eigenvalue weighted by Gasteiger charge is -2.16. The van der Waals surface area contributed by atoms with Gasteiger partial charge in [0.05, 0.1) is 27.6 Å². The number of hydrogen-bond acceptors (Lipinski definition) is 0. The SMILES string of the molecule is CC1CC=Cc2c1c1cc(-c3ccc4c(c3)c3cc(-c5ccc6c(c5)c5ccccc5n6-c5ccccc5)ccc3n4-c3ccccc3)ccc1n2-c1ccccc1. The minimum absolute atomic E-state index is 0.446. The summed E-state index contributed by atoms with van der Waals surface area (Å²) >= 11 is 0. The molecule has 0 N–H and O–H groups in total. The fourth-order valence-electron chi connectivity index (χ4n) is 9.80. The van der Waals surface area contributed by atoms with Gasteiger partial charge in [0.2, 0.25) is 0 Å². The molecule has 8 aromatic carbocycles. The first-order valence-corrected chi connectivity index (χ1v) is 20.3. The molecular weight excluding hydrogens is 703 g/mol. The Morgan fingerprint density at radius 2 is 0.741 bits per heavy atom. The Morgan fingerprint density at radius 1 is 0.362 bits per heavy atom. The largest absolute Gasteiger partial charge is 0.310 e. The summed E-state index contributed by atoms with van der Waals surface area (Å²) in [6.45, 7) is 2.37. The maximum Gasteiger partial charge on any atom is 0.0541 e. The number of hydrogen-bond donors (Lipinski definition) is 0. The molecule has 3 heterocycles. The van der Waals surface area contributed by atoms with E-state index in [2.05, 4.69) is 221 Å². The van der Waals surface area contributed by atoms with Gasteiger partial charge in [0.1, 0.15) is 0 Å². The van der Waals surface area contributed by atoms with Crippen LogP contribution in [-0.2, 0) is 0 Å². The molecule has 3 heteroatoms. The maximum atomic E-state index is 2.44. The van der Waals surface area contributed by atoms with Gasteiger partial charge >= 0.3 is 0 Å². The average molecular weight is 742 g/mol. The third-order valence-corrected chi connectivity index (χ3v) is 12.5. The molecule has 0 aliphatic heterocycles. The predicted octanol–water partition coefficient (Wildman–Crippen LogP) is 14.7. The van der Waals surface area contributed by atoms with Crippen molar-refractivity contribution in [1.29, 1.82) is 0 Å². The quantitative estimate of drug-likeness (QED) is 0.167. The highest BCUT2D eigenvalue weighted by Gasteiger charge is 2.24. The molecule has 1 aliphatic carbocycles. The maximum absolute atomic E-state index is 2.44. The Labute approximate surface area is 337 Å². The first-order chi connectivity index (χ1) is 28.7. The smallest absolute Gasteiger partial charge is 0.0541 e. The van der Waals surface area contributed by atoms with Gasteiger partial charge in [0.25, 0.3) is 0 Å². The molecule has 0 fully saturated rings. The number of para-hydroxylation sites is 4. The molecule has 0 radical (unpaired) electrons. The van der Waals surface area contributed by atoms with Gasteiger partial charge in [-0.25, -0.2) is 0 Å². The molecule has 0 saturated carbocycles. The van der Waals surface area contributed by atoms with Crippen LogP contribution in [0.5, 0.6) is 0 Å². The van der Waals surface area contributed by atoms with Crippen molar-refractivity contribution in [3.8, 4) is 39.3 Å². The fraction of sp³-hybridized carbons (Fsp3) is 0.0545. The molecule has 0 bridgehead atoms. The predicted molar refractivity (Wildman–Crippen MR) is 245 cm³/mol. The summed E-state index contributed by atoms with van der Waals surface area (Å²) in [5.41, 5.74) is 17.3. The lowest BCUT2D eigenvalue weighted by molar-refractivity contribution is 0.773. The third-order valence-electron chi connectivity index (χ3n) is 12.5. The first kappa shape index (κ1) is 32.8. The molecule has 274 valence electrons. The Hall–Kier alpha value is -7.36. The van der Waals surface area contributed by atoms with Crippen LogP contribution in [0.2, 0.25) is 0 Å². The van der Waals surface area contributed by atoms with Gasteiger partial charge < -0.3 is 13.7 Å². The minimum Gasteiger partial charge on any atom is -0.310 e. The van der Waals surface area contributed by atoms with Gasteiger partial charge in [-0.05, 0) is 137 Å². The fourth-order valence-corrected chi connectivity index (χ4v) is 9.80. The summed E-state index contributed by atoms with van der Waals surface area (Å²) in [6, 6.07) is 69.1. The number of allylic oxidation sites excluding steroid dienone is 1. The number of fused-ring (bicyclic) bond motifs is 9. The van der Waals surface area contributed by atoms with Crippen molar-refractivity contribution in [3.63, 3.8) is 0 Å². The molecule has 0 saturated heterocycles. The van der Waals surface area contributed by atoms with Crippen molar-refractivity contribution in [2.24, 2.45) is 0 Å². The molecule has 12 rings (SSSR count). The lowest BCUT2D eigenvalue weighted by Crippen LogP contribution is -2.02. The monoisotopic (exact) mass is 741 g/mol. The van der Waals surface area contributed by atoms with Crippen LogP contribution in [0.4, 0.5) is 0 Å². The van der Waals surface area contributed by atoms with Crippen molar-refractivity contribution in [1.82, 2.24) is 13.7 Å². The van der Waals surface area contributed by atoms with E-state index in [1.807, 2.05) is 0 Å². The zero-order valence-electron chi connectivity index (χ0n) is 32.2. The molecular formula is C55H39N3. The van der Waals surface area contributed by atoms with E-state index in [1.54, 1.807) is 0 Å². The van der Waals surface area contributed by atoms with E-state index in [9.17, 15) is 0 Å². The Kier molecular flexibility index (Phi) is 7.27. The van der Waals surface area contributed by atoms with Crippen molar-refractivity contribution < 1.29 is 0 Å². The summed E-state index contributed by atoms with van der Waals surface area (Å²) < 4.78 is 7.24. The van der Waals surface area contributed by atoms with E-state index in [4.69, 9.17) is 0 Å². The van der Waals surface area contributed by atoms with E-state index < -0.39 is 0 Å². The molecule has 1 aliphatic rings. The molecule has 0 spiro atoms. The van der Waals surface area contributed by atoms with Gasteiger partial charge in [0, 0.05) is 49.7 Å². The van der Waals surface area contributed by atoms with Gasteiger partial charge in [-0.1, -0.05) is 110 Å². The van der Waals surface area contributed by atoms with Gasteiger partial charge in [0.15, 0.2) is 0 Å². The van der Waals surface area contributed by atoms with E-state index in [-0.39, 0.29) is 0 Å². The van der Waals surface area contributed by atoms with Crippen LogP contribution in [0.25, 0.3) is 99.9 Å². The molecule has 0 amide bonds. The lowest BCUT2D eigenvalue weighted by atomic mass is 9.90. The summed E-state index contributed by atoms with van der Waals surface area (Å²) in [6.07, 6.45) is 5.71. The van der Waals surface area contributed by atoms with Crippen LogP contribution in [-0.4, -0.2) is 13.7 Å². The zero-order valence-corrected chi connectivity index (χ0v) is 32.2. The molecule has 3 aromatic heterocycles. The second-order valence-corrected chi connectivity index (χ2v) is 15.8. The number of rotatable bonds is 5. The van der Waals surface area contributed by atoms with E-state index in [0.29, 0.717) is 5.92 Å². The summed E-state index contributed by atoms with van der Waals surface area (Å²) in [7, 11) is 0. The van der Waals surface area contributed by atoms with Gasteiger partial charge in [-0.2, -0.15) is 0 Å². The van der Waals surface area contributed by atoms with Crippen LogP contribution in [0.3, 0.4) is 0 Å². The van der Waals surface area contributed by atoms with Crippen LogP contribution in [0.15, 0.2) is 194 Å². The molecule has 11 aromatic rings. The second-order valence-electron chi connectivity index (χ2n) is 15.8. The summed E-state index contributed by atoms with van der Waals surface area (Å²) in [5, 5.41) is 6.36. The Morgan fingerprint density at radius 3 is 1.24 bits per heavy atom. The Bertz CT molecular complexity index is 3420. The van der Waals surface area contributed by atoms with E-state index >= 15 is 0 Å². The standard InChI is InChI=1S/C55H39N3/c1-36-14-13-23-54-55(36)48-35-40(27-31-53(48)58(54)43-19-9-4-10-20-43)39-26-30-52-47(34-39)46-33-38(25-29-51(46)57(52)42-17-7-3-8-18-42)37-24-28-50-45(32-37)44-21-11-12-22-49(44)56(50)41-15-5-2-6-16-41/h2-13,15-36H,14H2,1H3. The number of benzene rings is 8. The van der Waals surface area contributed by atoms with Crippen LogP contribution in [0, 0.1) is 0 Å². The molecule has 58 heavy (non-hydrogen) atoms.